The Morgan fingerprint density at radius 1 is 1.37 bits per heavy atom. The molecule has 102 valence electrons. The Kier molecular flexibility index (Phi) is 3.24. The Morgan fingerprint density at radius 2 is 2.05 bits per heavy atom. The van der Waals surface area contributed by atoms with Crippen molar-refractivity contribution in [1.82, 2.24) is 0 Å². The summed E-state index contributed by atoms with van der Waals surface area (Å²) in [4.78, 5) is 2.25. The van der Waals surface area contributed by atoms with Gasteiger partial charge in [0.2, 0.25) is 0 Å². The fraction of sp³-hybridized carbons (Fsp3) is 0.462. The van der Waals surface area contributed by atoms with Crippen molar-refractivity contribution in [1.29, 1.82) is 0 Å². The third-order valence-corrected chi connectivity index (χ3v) is 4.04. The van der Waals surface area contributed by atoms with Crippen LogP contribution in [0, 0.1) is 0 Å². The summed E-state index contributed by atoms with van der Waals surface area (Å²) in [6.07, 6.45) is 2.89. The zero-order chi connectivity index (χ0) is 13.4. The SMILES string of the molecule is NC(=NO)c1ccc(N2CC3CCC(C2)O3)c(Cl)c1. The number of amidine groups is 1. The average molecular weight is 282 g/mol. The molecule has 1 aromatic carbocycles. The van der Waals surface area contributed by atoms with Crippen molar-refractivity contribution in [2.24, 2.45) is 10.9 Å². The summed E-state index contributed by atoms with van der Waals surface area (Å²) in [7, 11) is 0. The van der Waals surface area contributed by atoms with Crippen LogP contribution in [0.5, 0.6) is 0 Å². The first-order valence-electron chi connectivity index (χ1n) is 6.35. The van der Waals surface area contributed by atoms with Gasteiger partial charge in [0.05, 0.1) is 22.9 Å². The molecule has 2 aliphatic rings. The number of ether oxygens (including phenoxy) is 1. The molecule has 2 bridgehead atoms. The fourth-order valence-corrected chi connectivity index (χ4v) is 3.09. The molecule has 1 aromatic rings. The molecule has 0 radical (unpaired) electrons. The number of fused-ring (bicyclic) bond motifs is 2. The molecule has 0 amide bonds. The second-order valence-corrected chi connectivity index (χ2v) is 5.42. The molecule has 19 heavy (non-hydrogen) atoms. The fourth-order valence-electron chi connectivity index (χ4n) is 2.79. The molecular weight excluding hydrogens is 266 g/mol. The molecule has 2 fully saturated rings. The summed E-state index contributed by atoms with van der Waals surface area (Å²) in [6, 6.07) is 5.46. The quantitative estimate of drug-likeness (QED) is 0.375. The van der Waals surface area contributed by atoms with Crippen LogP contribution in [0.4, 0.5) is 5.69 Å². The number of nitrogens with two attached hydrogens (primary N) is 1. The average Bonchev–Trinajstić information content (AvgIpc) is 2.76. The van der Waals surface area contributed by atoms with Gasteiger partial charge in [0.25, 0.3) is 0 Å². The first kappa shape index (κ1) is 12.6. The van der Waals surface area contributed by atoms with Crippen molar-refractivity contribution in [3.63, 3.8) is 0 Å². The number of hydrogen-bond donors (Lipinski definition) is 2. The van der Waals surface area contributed by atoms with Gasteiger partial charge in [-0.15, -0.1) is 0 Å². The molecule has 5 nitrogen and oxygen atoms in total. The Morgan fingerprint density at radius 3 is 2.63 bits per heavy atom. The lowest BCUT2D eigenvalue weighted by molar-refractivity contribution is 0.0305. The minimum atomic E-state index is 0.0653. The van der Waals surface area contributed by atoms with Crippen LogP contribution in [0.2, 0.25) is 5.02 Å². The van der Waals surface area contributed by atoms with E-state index in [1.807, 2.05) is 12.1 Å². The highest BCUT2D eigenvalue weighted by Gasteiger charge is 2.34. The summed E-state index contributed by atoms with van der Waals surface area (Å²) in [6.45, 7) is 1.75. The van der Waals surface area contributed by atoms with E-state index < -0.39 is 0 Å². The van der Waals surface area contributed by atoms with E-state index in [1.165, 1.54) is 0 Å². The zero-order valence-electron chi connectivity index (χ0n) is 10.4. The molecule has 2 heterocycles. The van der Waals surface area contributed by atoms with E-state index in [4.69, 9.17) is 27.3 Å². The highest BCUT2D eigenvalue weighted by Crippen LogP contribution is 2.33. The Hall–Kier alpha value is -1.46. The van der Waals surface area contributed by atoms with Crippen LogP contribution in [-0.2, 0) is 4.74 Å². The maximum atomic E-state index is 8.67. The van der Waals surface area contributed by atoms with Crippen LogP contribution >= 0.6 is 11.6 Å². The number of nitrogens with zero attached hydrogens (tertiary/aromatic N) is 2. The van der Waals surface area contributed by atoms with Crippen molar-refractivity contribution >= 4 is 23.1 Å². The highest BCUT2D eigenvalue weighted by atomic mass is 35.5. The van der Waals surface area contributed by atoms with Crippen LogP contribution in [0.3, 0.4) is 0 Å². The largest absolute Gasteiger partial charge is 0.409 e. The van der Waals surface area contributed by atoms with Gasteiger partial charge in [-0.3, -0.25) is 0 Å². The molecular formula is C13H16ClN3O2. The maximum Gasteiger partial charge on any atom is 0.170 e. The minimum Gasteiger partial charge on any atom is -0.409 e. The first-order chi connectivity index (χ1) is 9.17. The Balaban J connectivity index is 1.85. The molecule has 2 saturated heterocycles. The summed E-state index contributed by atoms with van der Waals surface area (Å²) in [5.74, 6) is 0.0653. The molecule has 3 N–H and O–H groups in total. The number of hydrogen-bond acceptors (Lipinski definition) is 4. The minimum absolute atomic E-state index is 0.0653. The van der Waals surface area contributed by atoms with Crippen molar-refractivity contribution in [3.8, 4) is 0 Å². The van der Waals surface area contributed by atoms with Crippen molar-refractivity contribution in [2.45, 2.75) is 25.0 Å². The number of anilines is 1. The Labute approximate surface area is 116 Å². The van der Waals surface area contributed by atoms with Crippen LogP contribution in [0.15, 0.2) is 23.4 Å². The molecule has 3 rings (SSSR count). The predicted molar refractivity (Wildman–Crippen MR) is 74.1 cm³/mol. The third-order valence-electron chi connectivity index (χ3n) is 3.74. The highest BCUT2D eigenvalue weighted by molar-refractivity contribution is 6.33. The Bertz CT molecular complexity index is 509. The lowest BCUT2D eigenvalue weighted by Crippen LogP contribution is -2.42. The van der Waals surface area contributed by atoms with Gasteiger partial charge in [-0.1, -0.05) is 16.8 Å². The molecule has 2 aliphatic heterocycles. The molecule has 0 aromatic heterocycles. The van der Waals surface area contributed by atoms with Crippen LogP contribution in [-0.4, -0.2) is 36.3 Å². The monoisotopic (exact) mass is 281 g/mol. The summed E-state index contributed by atoms with van der Waals surface area (Å²) >= 11 is 6.30. The maximum absolute atomic E-state index is 8.67. The van der Waals surface area contributed by atoms with Crippen molar-refractivity contribution in [2.75, 3.05) is 18.0 Å². The van der Waals surface area contributed by atoms with E-state index in [2.05, 4.69) is 10.1 Å². The van der Waals surface area contributed by atoms with Crippen LogP contribution in [0.1, 0.15) is 18.4 Å². The van der Waals surface area contributed by atoms with Gasteiger partial charge >= 0.3 is 0 Å². The van der Waals surface area contributed by atoms with Crippen molar-refractivity contribution < 1.29 is 9.94 Å². The first-order valence-corrected chi connectivity index (χ1v) is 6.73. The van der Waals surface area contributed by atoms with Crippen molar-refractivity contribution in [3.05, 3.63) is 28.8 Å². The molecule has 6 heteroatoms. The van der Waals surface area contributed by atoms with E-state index >= 15 is 0 Å². The van der Waals surface area contributed by atoms with Gasteiger partial charge in [0.15, 0.2) is 5.84 Å². The lowest BCUT2D eigenvalue weighted by atomic mass is 10.1. The predicted octanol–water partition coefficient (Wildman–Crippen LogP) is 1.80. The zero-order valence-corrected chi connectivity index (χ0v) is 11.2. The second kappa shape index (κ2) is 4.90. The molecule has 0 aliphatic carbocycles. The summed E-state index contributed by atoms with van der Waals surface area (Å²) < 4.78 is 5.81. The molecule has 2 atom stereocenters. The number of oxime groups is 1. The van der Waals surface area contributed by atoms with Gasteiger partial charge in [-0.05, 0) is 31.0 Å². The number of rotatable bonds is 2. The van der Waals surface area contributed by atoms with Crippen LogP contribution < -0.4 is 10.6 Å². The van der Waals surface area contributed by atoms with E-state index in [1.54, 1.807) is 6.07 Å². The van der Waals surface area contributed by atoms with Gasteiger partial charge in [-0.2, -0.15) is 0 Å². The topological polar surface area (TPSA) is 71.1 Å². The number of morpholine rings is 1. The van der Waals surface area contributed by atoms with Gasteiger partial charge in [0.1, 0.15) is 0 Å². The normalized spacial score (nSPS) is 26.8. The third kappa shape index (κ3) is 2.35. The van der Waals surface area contributed by atoms with E-state index in [9.17, 15) is 0 Å². The summed E-state index contributed by atoms with van der Waals surface area (Å²) in [5, 5.41) is 12.3. The van der Waals surface area contributed by atoms with E-state index in [-0.39, 0.29) is 5.84 Å². The summed E-state index contributed by atoms with van der Waals surface area (Å²) in [5.41, 5.74) is 7.15. The van der Waals surface area contributed by atoms with Crippen LogP contribution in [0.25, 0.3) is 0 Å². The van der Waals surface area contributed by atoms with Gasteiger partial charge in [0, 0.05) is 18.7 Å². The standard InChI is InChI=1S/C13H16ClN3O2/c14-11-5-8(13(15)16-18)1-4-12(11)17-6-9-2-3-10(7-17)19-9/h1,4-5,9-10,18H,2-3,6-7H2,(H2,15,16). The van der Waals surface area contributed by atoms with E-state index in [0.29, 0.717) is 22.8 Å². The molecule has 0 spiro atoms. The van der Waals surface area contributed by atoms with E-state index in [0.717, 1.165) is 31.6 Å². The lowest BCUT2D eigenvalue weighted by Gasteiger charge is -2.34. The second-order valence-electron chi connectivity index (χ2n) is 5.01. The molecule has 0 saturated carbocycles. The smallest absolute Gasteiger partial charge is 0.170 e. The number of benzene rings is 1. The van der Waals surface area contributed by atoms with Gasteiger partial charge in [-0.25, -0.2) is 0 Å². The molecule has 2 unspecified atom stereocenters. The van der Waals surface area contributed by atoms with Gasteiger partial charge < -0.3 is 20.6 Å². The number of halogens is 1.